The SMILES string of the molecule is COc1cccc2nc(C)n(CC(=O)O)c12. The van der Waals surface area contributed by atoms with Gasteiger partial charge >= 0.3 is 5.97 Å². The number of aryl methyl sites for hydroxylation is 1. The van der Waals surface area contributed by atoms with Crippen molar-refractivity contribution in [2.45, 2.75) is 13.5 Å². The van der Waals surface area contributed by atoms with E-state index in [-0.39, 0.29) is 6.54 Å². The van der Waals surface area contributed by atoms with Crippen molar-refractivity contribution in [3.05, 3.63) is 24.0 Å². The number of imidazole rings is 1. The number of carboxylic acid groups (broad SMARTS) is 1. The van der Waals surface area contributed by atoms with Crippen LogP contribution in [0.4, 0.5) is 0 Å². The molecule has 1 heterocycles. The van der Waals surface area contributed by atoms with Gasteiger partial charge in [0.05, 0.1) is 12.6 Å². The Morgan fingerprint density at radius 3 is 2.94 bits per heavy atom. The van der Waals surface area contributed by atoms with Crippen molar-refractivity contribution in [1.82, 2.24) is 9.55 Å². The van der Waals surface area contributed by atoms with Crippen LogP contribution in [-0.4, -0.2) is 27.7 Å². The maximum Gasteiger partial charge on any atom is 0.323 e. The first kappa shape index (κ1) is 10.5. The van der Waals surface area contributed by atoms with Crippen molar-refractivity contribution in [1.29, 1.82) is 0 Å². The van der Waals surface area contributed by atoms with Gasteiger partial charge < -0.3 is 14.4 Å². The molecule has 0 saturated heterocycles. The first-order valence-electron chi connectivity index (χ1n) is 4.85. The standard InChI is InChI=1S/C11H12N2O3/c1-7-12-8-4-3-5-9(16-2)11(8)13(7)6-10(14)15/h3-5H,6H2,1-2H3,(H,14,15). The van der Waals surface area contributed by atoms with Gasteiger partial charge in [-0.3, -0.25) is 4.79 Å². The molecule has 2 rings (SSSR count). The molecule has 0 fully saturated rings. The van der Waals surface area contributed by atoms with Gasteiger partial charge in [-0.2, -0.15) is 0 Å². The van der Waals surface area contributed by atoms with Crippen LogP contribution in [0.15, 0.2) is 18.2 Å². The predicted octanol–water partition coefficient (Wildman–Crippen LogP) is 1.44. The molecule has 84 valence electrons. The van der Waals surface area contributed by atoms with Crippen LogP contribution in [0.25, 0.3) is 11.0 Å². The van der Waals surface area contributed by atoms with Gasteiger partial charge in [0.1, 0.15) is 23.6 Å². The molecule has 5 heteroatoms. The fraction of sp³-hybridized carbons (Fsp3) is 0.273. The Morgan fingerprint density at radius 1 is 1.56 bits per heavy atom. The number of aromatic nitrogens is 2. The van der Waals surface area contributed by atoms with E-state index in [9.17, 15) is 4.79 Å². The number of fused-ring (bicyclic) bond motifs is 1. The molecule has 2 aromatic rings. The number of aliphatic carboxylic acids is 1. The summed E-state index contributed by atoms with van der Waals surface area (Å²) >= 11 is 0. The van der Waals surface area contributed by atoms with E-state index in [1.807, 2.05) is 12.1 Å². The number of ether oxygens (including phenoxy) is 1. The summed E-state index contributed by atoms with van der Waals surface area (Å²) in [6.45, 7) is 1.67. The lowest BCUT2D eigenvalue weighted by Crippen LogP contribution is -2.10. The number of hydrogen-bond donors (Lipinski definition) is 1. The highest BCUT2D eigenvalue weighted by Crippen LogP contribution is 2.26. The third kappa shape index (κ3) is 1.60. The van der Waals surface area contributed by atoms with Crippen molar-refractivity contribution < 1.29 is 14.6 Å². The number of para-hydroxylation sites is 1. The number of nitrogens with zero attached hydrogens (tertiary/aromatic N) is 2. The van der Waals surface area contributed by atoms with E-state index in [0.29, 0.717) is 11.6 Å². The Balaban J connectivity index is 2.70. The van der Waals surface area contributed by atoms with Crippen LogP contribution in [0.2, 0.25) is 0 Å². The van der Waals surface area contributed by atoms with Crippen LogP contribution in [0.3, 0.4) is 0 Å². The van der Waals surface area contributed by atoms with Crippen LogP contribution in [-0.2, 0) is 11.3 Å². The molecule has 0 unspecified atom stereocenters. The van der Waals surface area contributed by atoms with Crippen molar-refractivity contribution >= 4 is 17.0 Å². The number of benzene rings is 1. The normalized spacial score (nSPS) is 10.6. The molecule has 0 saturated carbocycles. The van der Waals surface area contributed by atoms with Crippen LogP contribution < -0.4 is 4.74 Å². The van der Waals surface area contributed by atoms with Crippen molar-refractivity contribution in [2.24, 2.45) is 0 Å². The number of methoxy groups -OCH3 is 1. The molecule has 1 N–H and O–H groups in total. The van der Waals surface area contributed by atoms with Crippen LogP contribution in [0.1, 0.15) is 5.82 Å². The fourth-order valence-corrected chi connectivity index (χ4v) is 1.76. The third-order valence-electron chi connectivity index (χ3n) is 2.43. The summed E-state index contributed by atoms with van der Waals surface area (Å²) in [6, 6.07) is 5.46. The van der Waals surface area contributed by atoms with Gasteiger partial charge in [0, 0.05) is 0 Å². The molecule has 5 nitrogen and oxygen atoms in total. The highest BCUT2D eigenvalue weighted by Gasteiger charge is 2.13. The monoisotopic (exact) mass is 220 g/mol. The van der Waals surface area contributed by atoms with Crippen molar-refractivity contribution in [3.63, 3.8) is 0 Å². The average molecular weight is 220 g/mol. The molecule has 0 bridgehead atoms. The van der Waals surface area contributed by atoms with Gasteiger partial charge in [-0.05, 0) is 19.1 Å². The van der Waals surface area contributed by atoms with Crippen LogP contribution >= 0.6 is 0 Å². The summed E-state index contributed by atoms with van der Waals surface area (Å²) in [7, 11) is 1.56. The fourth-order valence-electron chi connectivity index (χ4n) is 1.76. The molecule has 0 atom stereocenters. The minimum atomic E-state index is -0.895. The van der Waals surface area contributed by atoms with Crippen LogP contribution in [0, 0.1) is 6.92 Å². The number of carbonyl (C=O) groups is 1. The van der Waals surface area contributed by atoms with Crippen molar-refractivity contribution in [2.75, 3.05) is 7.11 Å². The zero-order chi connectivity index (χ0) is 11.7. The summed E-state index contributed by atoms with van der Waals surface area (Å²) < 4.78 is 6.84. The molecule has 16 heavy (non-hydrogen) atoms. The molecule has 1 aromatic heterocycles. The van der Waals surface area contributed by atoms with E-state index in [4.69, 9.17) is 9.84 Å². The van der Waals surface area contributed by atoms with Gasteiger partial charge in [-0.15, -0.1) is 0 Å². The van der Waals surface area contributed by atoms with E-state index >= 15 is 0 Å². The Bertz CT molecular complexity index is 545. The minimum absolute atomic E-state index is 0.108. The highest BCUT2D eigenvalue weighted by atomic mass is 16.5. The zero-order valence-electron chi connectivity index (χ0n) is 9.10. The van der Waals surface area contributed by atoms with E-state index in [1.54, 1.807) is 24.7 Å². The summed E-state index contributed by atoms with van der Waals surface area (Å²) in [5, 5.41) is 8.84. The molecule has 0 aliphatic heterocycles. The molecular formula is C11H12N2O3. The van der Waals surface area contributed by atoms with Crippen LogP contribution in [0.5, 0.6) is 5.75 Å². The maximum absolute atomic E-state index is 10.8. The van der Waals surface area contributed by atoms with Gasteiger partial charge in [0.15, 0.2) is 0 Å². The first-order chi connectivity index (χ1) is 7.63. The second-order valence-corrected chi connectivity index (χ2v) is 3.47. The summed E-state index contributed by atoms with van der Waals surface area (Å²) in [5.74, 6) is 0.412. The third-order valence-corrected chi connectivity index (χ3v) is 2.43. The summed E-state index contributed by atoms with van der Waals surface area (Å²) in [6.07, 6.45) is 0. The topological polar surface area (TPSA) is 64.4 Å². The number of carboxylic acids is 1. The van der Waals surface area contributed by atoms with E-state index < -0.39 is 5.97 Å². The lowest BCUT2D eigenvalue weighted by atomic mass is 10.3. The first-order valence-corrected chi connectivity index (χ1v) is 4.85. The van der Waals surface area contributed by atoms with E-state index in [1.165, 1.54) is 0 Å². The zero-order valence-corrected chi connectivity index (χ0v) is 9.10. The molecule has 0 spiro atoms. The molecule has 0 aliphatic rings. The Hall–Kier alpha value is -2.04. The number of rotatable bonds is 3. The largest absolute Gasteiger partial charge is 0.494 e. The summed E-state index contributed by atoms with van der Waals surface area (Å²) in [5.41, 5.74) is 1.48. The second kappa shape index (κ2) is 3.84. The Kier molecular flexibility index (Phi) is 2.52. The van der Waals surface area contributed by atoms with Gasteiger partial charge in [0.2, 0.25) is 0 Å². The minimum Gasteiger partial charge on any atom is -0.494 e. The molecule has 0 radical (unpaired) electrons. The number of hydrogen-bond acceptors (Lipinski definition) is 3. The Morgan fingerprint density at radius 2 is 2.31 bits per heavy atom. The lowest BCUT2D eigenvalue weighted by molar-refractivity contribution is -0.137. The van der Waals surface area contributed by atoms with Gasteiger partial charge in [0.25, 0.3) is 0 Å². The molecule has 0 aliphatic carbocycles. The van der Waals surface area contributed by atoms with E-state index in [2.05, 4.69) is 4.98 Å². The van der Waals surface area contributed by atoms with Gasteiger partial charge in [-0.1, -0.05) is 6.07 Å². The maximum atomic E-state index is 10.8. The summed E-state index contributed by atoms with van der Waals surface area (Å²) in [4.78, 5) is 15.1. The predicted molar refractivity (Wildman–Crippen MR) is 58.7 cm³/mol. The van der Waals surface area contributed by atoms with Crippen molar-refractivity contribution in [3.8, 4) is 5.75 Å². The molecule has 1 aromatic carbocycles. The molecule has 0 amide bonds. The lowest BCUT2D eigenvalue weighted by Gasteiger charge is -2.06. The van der Waals surface area contributed by atoms with E-state index in [0.717, 1.165) is 11.0 Å². The van der Waals surface area contributed by atoms with Gasteiger partial charge in [-0.25, -0.2) is 4.98 Å². The smallest absolute Gasteiger partial charge is 0.323 e. The quantitative estimate of drug-likeness (QED) is 0.850. The highest BCUT2D eigenvalue weighted by molar-refractivity contribution is 5.84. The second-order valence-electron chi connectivity index (χ2n) is 3.47. The average Bonchev–Trinajstić information content (AvgIpc) is 2.54. The molecular weight excluding hydrogens is 208 g/mol. The Labute approximate surface area is 92.3 Å².